The zero-order valence-corrected chi connectivity index (χ0v) is 10.1. The van der Waals surface area contributed by atoms with Crippen molar-refractivity contribution in [1.82, 2.24) is 0 Å². The Labute approximate surface area is 93.3 Å². The first-order valence-electron chi connectivity index (χ1n) is 6.22. The van der Waals surface area contributed by atoms with Gasteiger partial charge in [-0.3, -0.25) is 0 Å². The molecule has 0 aliphatic heterocycles. The van der Waals surface area contributed by atoms with Gasteiger partial charge in [0.2, 0.25) is 0 Å². The Morgan fingerprint density at radius 3 is 2.33 bits per heavy atom. The minimum Gasteiger partial charge on any atom is -0.380 e. The van der Waals surface area contributed by atoms with Crippen LogP contribution in [0.3, 0.4) is 0 Å². The lowest BCUT2D eigenvalue weighted by molar-refractivity contribution is -0.0959. The van der Waals surface area contributed by atoms with E-state index in [0.717, 1.165) is 26.1 Å². The third-order valence-corrected chi connectivity index (χ3v) is 3.31. The molecule has 1 atom stereocenters. The van der Waals surface area contributed by atoms with Crippen LogP contribution >= 0.6 is 0 Å². The molecule has 0 radical (unpaired) electrons. The van der Waals surface area contributed by atoms with Gasteiger partial charge in [0.15, 0.2) is 0 Å². The van der Waals surface area contributed by atoms with Crippen LogP contribution in [0.5, 0.6) is 0 Å². The van der Waals surface area contributed by atoms with Crippen molar-refractivity contribution in [3.8, 4) is 0 Å². The second kappa shape index (κ2) is 6.46. The van der Waals surface area contributed by atoms with Crippen molar-refractivity contribution in [2.75, 3.05) is 19.8 Å². The number of hydrogen-bond acceptors (Lipinski definition) is 3. The number of nitrogens with two attached hydrogens (primary N) is 1. The Bertz CT molecular complexity index is 161. The molecule has 1 fully saturated rings. The van der Waals surface area contributed by atoms with E-state index in [0.29, 0.717) is 6.61 Å². The van der Waals surface area contributed by atoms with E-state index >= 15 is 0 Å². The molecule has 90 valence electrons. The highest BCUT2D eigenvalue weighted by Gasteiger charge is 2.38. The topological polar surface area (TPSA) is 44.5 Å². The van der Waals surface area contributed by atoms with Crippen LogP contribution in [0.2, 0.25) is 0 Å². The maximum atomic E-state index is 6.21. The molecule has 3 heteroatoms. The second-order valence-electron chi connectivity index (χ2n) is 4.32. The molecule has 3 nitrogen and oxygen atoms in total. The van der Waals surface area contributed by atoms with Gasteiger partial charge >= 0.3 is 0 Å². The van der Waals surface area contributed by atoms with Crippen LogP contribution in [-0.4, -0.2) is 31.5 Å². The zero-order chi connectivity index (χ0) is 11.1. The van der Waals surface area contributed by atoms with E-state index in [1.165, 1.54) is 19.3 Å². The van der Waals surface area contributed by atoms with E-state index in [9.17, 15) is 0 Å². The Balaban J connectivity index is 2.53. The first-order chi connectivity index (χ1) is 7.25. The quantitative estimate of drug-likeness (QED) is 0.738. The molecule has 1 unspecified atom stereocenters. The summed E-state index contributed by atoms with van der Waals surface area (Å²) in [6.07, 6.45) is 5.97. The van der Waals surface area contributed by atoms with Crippen LogP contribution in [0, 0.1) is 0 Å². The largest absolute Gasteiger partial charge is 0.380 e. The summed E-state index contributed by atoms with van der Waals surface area (Å²) >= 11 is 0. The molecule has 0 amide bonds. The van der Waals surface area contributed by atoms with E-state index in [4.69, 9.17) is 15.2 Å². The molecule has 0 spiro atoms. The standard InChI is InChI=1S/C12H25NO2/c1-3-14-10-11(13)12(15-4-2)8-6-5-7-9-12/h11H,3-10,13H2,1-2H3. The molecule has 1 saturated carbocycles. The molecule has 0 aromatic carbocycles. The van der Waals surface area contributed by atoms with Crippen molar-refractivity contribution in [2.45, 2.75) is 57.6 Å². The Morgan fingerprint density at radius 2 is 1.80 bits per heavy atom. The summed E-state index contributed by atoms with van der Waals surface area (Å²) in [5, 5.41) is 0. The number of ether oxygens (including phenoxy) is 2. The van der Waals surface area contributed by atoms with E-state index in [1.807, 2.05) is 13.8 Å². The van der Waals surface area contributed by atoms with Gasteiger partial charge in [-0.15, -0.1) is 0 Å². The maximum absolute atomic E-state index is 6.21. The van der Waals surface area contributed by atoms with Crippen LogP contribution in [-0.2, 0) is 9.47 Å². The van der Waals surface area contributed by atoms with Crippen molar-refractivity contribution in [3.05, 3.63) is 0 Å². The van der Waals surface area contributed by atoms with Gasteiger partial charge in [-0.05, 0) is 26.7 Å². The van der Waals surface area contributed by atoms with E-state index in [2.05, 4.69) is 0 Å². The minimum atomic E-state index is -0.109. The summed E-state index contributed by atoms with van der Waals surface area (Å²) < 4.78 is 11.3. The van der Waals surface area contributed by atoms with Crippen molar-refractivity contribution in [1.29, 1.82) is 0 Å². The van der Waals surface area contributed by atoms with Gasteiger partial charge in [0, 0.05) is 13.2 Å². The predicted octanol–water partition coefficient (Wildman–Crippen LogP) is 2.09. The van der Waals surface area contributed by atoms with Gasteiger partial charge in [-0.25, -0.2) is 0 Å². The third-order valence-electron chi connectivity index (χ3n) is 3.31. The molecule has 1 aliphatic carbocycles. The number of hydrogen-bond donors (Lipinski definition) is 1. The highest BCUT2D eigenvalue weighted by Crippen LogP contribution is 2.33. The van der Waals surface area contributed by atoms with E-state index in [1.54, 1.807) is 0 Å². The molecule has 1 rings (SSSR count). The monoisotopic (exact) mass is 215 g/mol. The van der Waals surface area contributed by atoms with Crippen LogP contribution in [0.15, 0.2) is 0 Å². The van der Waals surface area contributed by atoms with Gasteiger partial charge in [0.1, 0.15) is 0 Å². The van der Waals surface area contributed by atoms with Crippen molar-refractivity contribution in [3.63, 3.8) is 0 Å². The molecule has 1 aliphatic rings. The highest BCUT2D eigenvalue weighted by atomic mass is 16.5. The molecule has 0 saturated heterocycles. The van der Waals surface area contributed by atoms with Gasteiger partial charge in [0.05, 0.1) is 18.2 Å². The van der Waals surface area contributed by atoms with E-state index < -0.39 is 0 Å². The highest BCUT2D eigenvalue weighted by molar-refractivity contribution is 4.93. The SMILES string of the molecule is CCOCC(N)C1(OCC)CCCCC1. The average molecular weight is 215 g/mol. The average Bonchev–Trinajstić information content (AvgIpc) is 2.27. The lowest BCUT2D eigenvalue weighted by Gasteiger charge is -2.41. The van der Waals surface area contributed by atoms with Gasteiger partial charge in [-0.2, -0.15) is 0 Å². The van der Waals surface area contributed by atoms with Gasteiger partial charge < -0.3 is 15.2 Å². The van der Waals surface area contributed by atoms with Crippen molar-refractivity contribution >= 4 is 0 Å². The molecule has 15 heavy (non-hydrogen) atoms. The summed E-state index contributed by atoms with van der Waals surface area (Å²) in [6, 6.07) is 0.0256. The lowest BCUT2D eigenvalue weighted by Crippen LogP contribution is -2.53. The van der Waals surface area contributed by atoms with Crippen molar-refractivity contribution in [2.24, 2.45) is 5.73 Å². The first-order valence-corrected chi connectivity index (χ1v) is 6.22. The Hall–Kier alpha value is -0.120. The van der Waals surface area contributed by atoms with Crippen LogP contribution in [0.25, 0.3) is 0 Å². The second-order valence-corrected chi connectivity index (χ2v) is 4.32. The molecular formula is C12H25NO2. The maximum Gasteiger partial charge on any atom is 0.0855 e. The molecule has 0 bridgehead atoms. The van der Waals surface area contributed by atoms with Crippen molar-refractivity contribution < 1.29 is 9.47 Å². The third kappa shape index (κ3) is 3.44. The minimum absolute atomic E-state index is 0.0256. The summed E-state index contributed by atoms with van der Waals surface area (Å²) in [6.45, 7) is 6.15. The van der Waals surface area contributed by atoms with Crippen LogP contribution in [0.4, 0.5) is 0 Å². The Morgan fingerprint density at radius 1 is 1.13 bits per heavy atom. The molecule has 0 aromatic heterocycles. The van der Waals surface area contributed by atoms with Crippen LogP contribution in [0.1, 0.15) is 46.0 Å². The Kier molecular flexibility index (Phi) is 5.58. The molecule has 0 heterocycles. The molecular weight excluding hydrogens is 190 g/mol. The van der Waals surface area contributed by atoms with Gasteiger partial charge in [-0.1, -0.05) is 19.3 Å². The fraction of sp³-hybridized carbons (Fsp3) is 1.00. The fourth-order valence-electron chi connectivity index (χ4n) is 2.46. The molecule has 0 aromatic rings. The van der Waals surface area contributed by atoms with Gasteiger partial charge in [0.25, 0.3) is 0 Å². The first kappa shape index (κ1) is 12.9. The summed E-state index contributed by atoms with van der Waals surface area (Å²) in [5.41, 5.74) is 6.10. The van der Waals surface area contributed by atoms with E-state index in [-0.39, 0.29) is 11.6 Å². The molecule has 2 N–H and O–H groups in total. The summed E-state index contributed by atoms with van der Waals surface area (Å²) in [4.78, 5) is 0. The smallest absolute Gasteiger partial charge is 0.0855 e. The normalized spacial score (nSPS) is 22.6. The zero-order valence-electron chi connectivity index (χ0n) is 10.1. The number of rotatable bonds is 6. The lowest BCUT2D eigenvalue weighted by atomic mass is 9.79. The fourth-order valence-corrected chi connectivity index (χ4v) is 2.46. The predicted molar refractivity (Wildman–Crippen MR) is 61.9 cm³/mol. The summed E-state index contributed by atoms with van der Waals surface area (Å²) in [7, 11) is 0. The van der Waals surface area contributed by atoms with Crippen LogP contribution < -0.4 is 5.73 Å². The summed E-state index contributed by atoms with van der Waals surface area (Å²) in [5.74, 6) is 0.